The van der Waals surface area contributed by atoms with E-state index in [1.807, 2.05) is 0 Å². The number of hydrogen-bond donors (Lipinski definition) is 0. The molecular weight excluding hydrogens is 263 g/mol. The van der Waals surface area contributed by atoms with Gasteiger partial charge in [-0.3, -0.25) is 4.98 Å². The summed E-state index contributed by atoms with van der Waals surface area (Å²) in [6.07, 6.45) is 4.37. The van der Waals surface area contributed by atoms with Crippen LogP contribution in [-0.4, -0.2) is 18.4 Å². The zero-order chi connectivity index (χ0) is 13.0. The van der Waals surface area contributed by atoms with Crippen molar-refractivity contribution >= 4 is 10.5 Å². The van der Waals surface area contributed by atoms with Gasteiger partial charge in [0, 0.05) is 12.4 Å². The van der Waals surface area contributed by atoms with Gasteiger partial charge in [-0.1, -0.05) is 3.89 Å². The molecule has 0 spiro atoms. The van der Waals surface area contributed by atoms with Crippen molar-refractivity contribution in [2.45, 2.75) is 0 Å². The lowest BCUT2D eigenvalue weighted by Crippen LogP contribution is -2.00. The van der Waals surface area contributed by atoms with Gasteiger partial charge in [-0.15, -0.1) is 0 Å². The van der Waals surface area contributed by atoms with E-state index in [0.717, 1.165) is 0 Å². The summed E-state index contributed by atoms with van der Waals surface area (Å²) in [7, 11) is -5.01. The molecule has 0 aliphatic rings. The van der Waals surface area contributed by atoms with E-state index in [1.165, 1.54) is 42.9 Å². The van der Waals surface area contributed by atoms with Gasteiger partial charge in [0.05, 0.1) is 6.20 Å². The van der Waals surface area contributed by atoms with E-state index in [1.54, 1.807) is 0 Å². The average molecular weight is 270 g/mol. The van der Waals surface area contributed by atoms with Gasteiger partial charge in [-0.05, 0) is 24.3 Å². The highest BCUT2D eigenvalue weighted by Gasteiger charge is 2.09. The molecule has 0 aliphatic carbocycles. The molecule has 1 heterocycles. The molecule has 2 aromatic rings. The zero-order valence-corrected chi connectivity index (χ0v) is 9.67. The SMILES string of the molecule is O=S(=O)(F)Oc1ccc(Oc2cnccn2)cc1. The Hall–Kier alpha value is -2.22. The first-order chi connectivity index (χ1) is 8.53. The Balaban J connectivity index is 2.09. The second kappa shape index (κ2) is 4.96. The van der Waals surface area contributed by atoms with Crippen molar-refractivity contribution in [2.24, 2.45) is 0 Å². The van der Waals surface area contributed by atoms with Gasteiger partial charge in [-0.2, -0.15) is 8.42 Å². The normalized spacial score (nSPS) is 10.9. The lowest BCUT2D eigenvalue weighted by molar-refractivity contribution is 0.437. The minimum atomic E-state index is -5.01. The molecule has 0 atom stereocenters. The predicted octanol–water partition coefficient (Wildman–Crippen LogP) is 1.86. The van der Waals surface area contributed by atoms with E-state index in [-0.39, 0.29) is 11.6 Å². The van der Waals surface area contributed by atoms with Crippen LogP contribution in [0.3, 0.4) is 0 Å². The molecule has 18 heavy (non-hydrogen) atoms. The van der Waals surface area contributed by atoms with Crippen LogP contribution < -0.4 is 8.92 Å². The standard InChI is InChI=1S/C10H7FN2O4S/c11-18(14,15)17-9-3-1-8(2-4-9)16-10-7-12-5-6-13-10/h1-7H. The van der Waals surface area contributed by atoms with Crippen LogP contribution in [0.2, 0.25) is 0 Å². The maximum absolute atomic E-state index is 12.2. The Morgan fingerprint density at radius 2 is 1.72 bits per heavy atom. The van der Waals surface area contributed by atoms with Crippen molar-refractivity contribution in [3.05, 3.63) is 42.9 Å². The monoisotopic (exact) mass is 270 g/mol. The summed E-state index contributed by atoms with van der Waals surface area (Å²) in [5, 5.41) is 0. The van der Waals surface area contributed by atoms with Gasteiger partial charge in [-0.25, -0.2) is 4.98 Å². The van der Waals surface area contributed by atoms with Gasteiger partial charge >= 0.3 is 10.5 Å². The van der Waals surface area contributed by atoms with E-state index in [0.29, 0.717) is 5.75 Å². The van der Waals surface area contributed by atoms with Crippen molar-refractivity contribution in [3.63, 3.8) is 0 Å². The largest absolute Gasteiger partial charge is 0.488 e. The second-order valence-electron chi connectivity index (χ2n) is 3.09. The number of nitrogens with zero attached hydrogens (tertiary/aromatic N) is 2. The maximum atomic E-state index is 12.2. The topological polar surface area (TPSA) is 78.4 Å². The fourth-order valence-corrected chi connectivity index (χ4v) is 1.48. The lowest BCUT2D eigenvalue weighted by Gasteiger charge is -2.04. The molecule has 0 N–H and O–H groups in total. The molecule has 0 bridgehead atoms. The summed E-state index contributed by atoms with van der Waals surface area (Å²) in [6, 6.07) is 5.33. The summed E-state index contributed by atoms with van der Waals surface area (Å²) in [5.41, 5.74) is 0. The molecule has 94 valence electrons. The Labute approximate surface area is 102 Å². The van der Waals surface area contributed by atoms with Crippen molar-refractivity contribution in [3.8, 4) is 17.4 Å². The maximum Gasteiger partial charge on any atom is 0.488 e. The average Bonchev–Trinajstić information content (AvgIpc) is 2.31. The van der Waals surface area contributed by atoms with Crippen molar-refractivity contribution in [1.82, 2.24) is 9.97 Å². The minimum Gasteiger partial charge on any atom is -0.438 e. The van der Waals surface area contributed by atoms with Gasteiger partial charge < -0.3 is 8.92 Å². The molecule has 1 aromatic heterocycles. The molecule has 0 radical (unpaired) electrons. The van der Waals surface area contributed by atoms with Crippen LogP contribution in [0.4, 0.5) is 3.89 Å². The van der Waals surface area contributed by atoms with E-state index in [9.17, 15) is 12.3 Å². The van der Waals surface area contributed by atoms with E-state index >= 15 is 0 Å². The van der Waals surface area contributed by atoms with Crippen LogP contribution in [-0.2, 0) is 10.5 Å². The van der Waals surface area contributed by atoms with Crippen molar-refractivity contribution in [2.75, 3.05) is 0 Å². The fraction of sp³-hybridized carbons (Fsp3) is 0. The highest BCUT2D eigenvalue weighted by Crippen LogP contribution is 2.22. The highest BCUT2D eigenvalue weighted by molar-refractivity contribution is 7.81. The molecule has 6 nitrogen and oxygen atoms in total. The van der Waals surface area contributed by atoms with Crippen molar-refractivity contribution in [1.29, 1.82) is 0 Å². The molecule has 0 fully saturated rings. The quantitative estimate of drug-likeness (QED) is 0.789. The van der Waals surface area contributed by atoms with E-state index in [2.05, 4.69) is 14.2 Å². The van der Waals surface area contributed by atoms with Gasteiger partial charge in [0.25, 0.3) is 0 Å². The number of rotatable bonds is 4. The van der Waals surface area contributed by atoms with Crippen LogP contribution in [0.1, 0.15) is 0 Å². The predicted molar refractivity (Wildman–Crippen MR) is 59.2 cm³/mol. The first kappa shape index (κ1) is 12.2. The fourth-order valence-electron chi connectivity index (χ4n) is 1.14. The number of ether oxygens (including phenoxy) is 1. The summed E-state index contributed by atoms with van der Waals surface area (Å²) < 4.78 is 42.0. The number of hydrogen-bond acceptors (Lipinski definition) is 6. The summed E-state index contributed by atoms with van der Waals surface area (Å²) in [6.45, 7) is 0. The van der Waals surface area contributed by atoms with E-state index < -0.39 is 10.5 Å². The van der Waals surface area contributed by atoms with Gasteiger partial charge in [0.15, 0.2) is 0 Å². The summed E-state index contributed by atoms with van der Waals surface area (Å²) >= 11 is 0. The third-order valence-corrected chi connectivity index (χ3v) is 2.17. The zero-order valence-electron chi connectivity index (χ0n) is 8.86. The van der Waals surface area contributed by atoms with Crippen LogP contribution in [0.5, 0.6) is 17.4 Å². The Morgan fingerprint density at radius 3 is 2.28 bits per heavy atom. The van der Waals surface area contributed by atoms with Gasteiger partial charge in [0.1, 0.15) is 11.5 Å². The van der Waals surface area contributed by atoms with Crippen molar-refractivity contribution < 1.29 is 21.2 Å². The molecule has 0 saturated heterocycles. The second-order valence-corrected chi connectivity index (χ2v) is 4.05. The molecule has 0 unspecified atom stereocenters. The molecule has 2 rings (SSSR count). The van der Waals surface area contributed by atoms with Crippen LogP contribution in [0, 0.1) is 0 Å². The Kier molecular flexibility index (Phi) is 3.38. The molecule has 0 saturated carbocycles. The smallest absolute Gasteiger partial charge is 0.438 e. The third-order valence-electron chi connectivity index (χ3n) is 1.78. The number of aromatic nitrogens is 2. The highest BCUT2D eigenvalue weighted by atomic mass is 32.3. The Bertz CT molecular complexity index is 616. The molecule has 0 aliphatic heterocycles. The van der Waals surface area contributed by atoms with Gasteiger partial charge in [0.2, 0.25) is 5.88 Å². The third kappa shape index (κ3) is 3.67. The first-order valence-electron chi connectivity index (χ1n) is 4.71. The number of benzene rings is 1. The molecule has 8 heteroatoms. The van der Waals surface area contributed by atoms with E-state index in [4.69, 9.17) is 4.74 Å². The molecule has 0 amide bonds. The summed E-state index contributed by atoms with van der Waals surface area (Å²) in [4.78, 5) is 7.69. The van der Waals surface area contributed by atoms with Crippen LogP contribution in [0.15, 0.2) is 42.9 Å². The molecular formula is C10H7FN2O4S. The minimum absolute atomic E-state index is 0.149. The van der Waals surface area contributed by atoms with Crippen LogP contribution >= 0.6 is 0 Å². The van der Waals surface area contributed by atoms with Crippen LogP contribution in [0.25, 0.3) is 0 Å². The first-order valence-corrected chi connectivity index (χ1v) is 6.02. The lowest BCUT2D eigenvalue weighted by atomic mass is 10.3. The Morgan fingerprint density at radius 1 is 1.06 bits per heavy atom. The molecule has 1 aromatic carbocycles. The summed E-state index contributed by atoms with van der Waals surface area (Å²) in [5.74, 6) is 0.521. The number of halogens is 1.